The van der Waals surface area contributed by atoms with Gasteiger partial charge in [-0.1, -0.05) is 0 Å². The fraction of sp³-hybridized carbons (Fsp3) is 0.545. The number of rotatable bonds is 5. The molecule has 138 valence electrons. The van der Waals surface area contributed by atoms with Crippen molar-refractivity contribution in [1.29, 1.82) is 0 Å². The summed E-state index contributed by atoms with van der Waals surface area (Å²) in [5, 5.41) is 10.4. The SMILES string of the molecule is CO[C@H]1C(O)[C@@H](n2cnc3c(=O)[nH]c(N)nc32)O[C@H]1COP(=O)(O)O. The van der Waals surface area contributed by atoms with Crippen molar-refractivity contribution in [3.8, 4) is 0 Å². The lowest BCUT2D eigenvalue weighted by Gasteiger charge is -2.18. The van der Waals surface area contributed by atoms with Crippen LogP contribution in [-0.4, -0.2) is 66.4 Å². The molecule has 1 aliphatic heterocycles. The Balaban J connectivity index is 1.93. The predicted molar refractivity (Wildman–Crippen MR) is 81.3 cm³/mol. The second-order valence-corrected chi connectivity index (χ2v) is 6.56. The van der Waals surface area contributed by atoms with Crippen molar-refractivity contribution in [2.45, 2.75) is 24.5 Å². The molecule has 0 saturated carbocycles. The number of phosphoric acid groups is 1. The molecular weight excluding hydrogens is 361 g/mol. The molecule has 14 heteroatoms. The van der Waals surface area contributed by atoms with Crippen LogP contribution in [0.1, 0.15) is 6.23 Å². The molecule has 1 unspecified atom stereocenters. The number of aromatic amines is 1. The van der Waals surface area contributed by atoms with E-state index < -0.39 is 44.5 Å². The van der Waals surface area contributed by atoms with E-state index in [0.29, 0.717) is 0 Å². The maximum absolute atomic E-state index is 11.8. The van der Waals surface area contributed by atoms with E-state index in [1.54, 1.807) is 0 Å². The lowest BCUT2D eigenvalue weighted by Crippen LogP contribution is -2.35. The highest BCUT2D eigenvalue weighted by molar-refractivity contribution is 7.46. The Bertz CT molecular complexity index is 877. The number of nitrogen functional groups attached to an aromatic ring is 1. The van der Waals surface area contributed by atoms with Gasteiger partial charge in [0.1, 0.15) is 18.3 Å². The summed E-state index contributed by atoms with van der Waals surface area (Å²) >= 11 is 0. The molecule has 13 nitrogen and oxygen atoms in total. The maximum Gasteiger partial charge on any atom is 0.469 e. The number of ether oxygens (including phenoxy) is 2. The van der Waals surface area contributed by atoms with Gasteiger partial charge in [0.15, 0.2) is 17.4 Å². The minimum Gasteiger partial charge on any atom is -0.386 e. The van der Waals surface area contributed by atoms with Crippen LogP contribution < -0.4 is 11.3 Å². The van der Waals surface area contributed by atoms with Crippen molar-refractivity contribution in [1.82, 2.24) is 19.5 Å². The number of H-pyrrole nitrogens is 1. The van der Waals surface area contributed by atoms with Crippen LogP contribution in [-0.2, 0) is 18.6 Å². The molecule has 1 aliphatic rings. The normalized spacial score (nSPS) is 27.2. The summed E-state index contributed by atoms with van der Waals surface area (Å²) in [6.45, 7) is -0.515. The van der Waals surface area contributed by atoms with Gasteiger partial charge in [-0.2, -0.15) is 4.98 Å². The molecule has 2 aromatic heterocycles. The quantitative estimate of drug-likeness (QED) is 0.364. The van der Waals surface area contributed by atoms with E-state index >= 15 is 0 Å². The van der Waals surface area contributed by atoms with Gasteiger partial charge < -0.3 is 30.1 Å². The molecule has 3 heterocycles. The van der Waals surface area contributed by atoms with Crippen molar-refractivity contribution >= 4 is 24.9 Å². The van der Waals surface area contributed by atoms with Gasteiger partial charge in [0.2, 0.25) is 5.95 Å². The average Bonchev–Trinajstić information content (AvgIpc) is 3.05. The van der Waals surface area contributed by atoms with Crippen LogP contribution >= 0.6 is 7.82 Å². The average molecular weight is 377 g/mol. The fourth-order valence-electron chi connectivity index (χ4n) is 2.67. The molecule has 0 aromatic carbocycles. The molecule has 4 atom stereocenters. The highest BCUT2D eigenvalue weighted by Crippen LogP contribution is 2.39. The number of hydrogen-bond acceptors (Lipinski definition) is 9. The number of fused-ring (bicyclic) bond motifs is 1. The number of aliphatic hydroxyl groups is 1. The summed E-state index contributed by atoms with van der Waals surface area (Å²) in [5.41, 5.74) is 5.04. The molecule has 2 aromatic rings. The van der Waals surface area contributed by atoms with Crippen molar-refractivity contribution in [2.24, 2.45) is 0 Å². The van der Waals surface area contributed by atoms with Gasteiger partial charge >= 0.3 is 7.82 Å². The highest BCUT2D eigenvalue weighted by atomic mass is 31.2. The Morgan fingerprint density at radius 2 is 2.24 bits per heavy atom. The second kappa shape index (κ2) is 6.46. The van der Waals surface area contributed by atoms with Crippen molar-refractivity contribution in [3.63, 3.8) is 0 Å². The largest absolute Gasteiger partial charge is 0.469 e. The molecule has 3 rings (SSSR count). The van der Waals surface area contributed by atoms with Crippen LogP contribution in [0.4, 0.5) is 5.95 Å². The van der Waals surface area contributed by atoms with E-state index in [2.05, 4.69) is 19.5 Å². The Labute approximate surface area is 139 Å². The van der Waals surface area contributed by atoms with Gasteiger partial charge in [-0.25, -0.2) is 9.55 Å². The lowest BCUT2D eigenvalue weighted by molar-refractivity contribution is -0.0527. The second-order valence-electron chi connectivity index (χ2n) is 5.32. The van der Waals surface area contributed by atoms with E-state index in [0.717, 1.165) is 0 Å². The first-order chi connectivity index (χ1) is 11.7. The predicted octanol–water partition coefficient (Wildman–Crippen LogP) is -1.92. The number of nitrogens with one attached hydrogen (secondary N) is 1. The minimum absolute atomic E-state index is 0.00566. The zero-order valence-electron chi connectivity index (χ0n) is 12.8. The zero-order valence-corrected chi connectivity index (χ0v) is 13.7. The van der Waals surface area contributed by atoms with Gasteiger partial charge in [-0.3, -0.25) is 18.9 Å². The van der Waals surface area contributed by atoms with Gasteiger partial charge in [0, 0.05) is 7.11 Å². The first kappa shape index (κ1) is 17.9. The van der Waals surface area contributed by atoms with Gasteiger partial charge in [0.25, 0.3) is 5.56 Å². The van der Waals surface area contributed by atoms with Crippen LogP contribution in [0.5, 0.6) is 0 Å². The summed E-state index contributed by atoms with van der Waals surface area (Å²) in [6, 6.07) is 0. The third-order valence-corrected chi connectivity index (χ3v) is 4.20. The number of anilines is 1. The number of methoxy groups -OCH3 is 1. The molecule has 0 spiro atoms. The van der Waals surface area contributed by atoms with Gasteiger partial charge in [-0.15, -0.1) is 0 Å². The standard InChI is InChI=1S/C11H16N5O8P/c1-22-7-4(2-23-25(19,20)21)24-10(6(7)17)16-3-13-5-8(16)14-11(12)15-9(5)18/h3-4,6-7,10,17H,2H2,1H3,(H2,19,20,21)(H3,12,14,15,18)/t4-,6?,7+,10-/m0/s1. The van der Waals surface area contributed by atoms with Crippen molar-refractivity contribution in [3.05, 3.63) is 16.7 Å². The number of aliphatic hydroxyl groups excluding tert-OH is 1. The third-order valence-electron chi connectivity index (χ3n) is 3.71. The zero-order chi connectivity index (χ0) is 18.4. The summed E-state index contributed by atoms with van der Waals surface area (Å²) in [5.74, 6) is -0.142. The van der Waals surface area contributed by atoms with Crippen LogP contribution in [0.2, 0.25) is 0 Å². The lowest BCUT2D eigenvalue weighted by atomic mass is 10.1. The third kappa shape index (κ3) is 3.43. The molecule has 0 radical (unpaired) electrons. The van der Waals surface area contributed by atoms with Crippen LogP contribution in [0, 0.1) is 0 Å². The number of imidazole rings is 1. The highest BCUT2D eigenvalue weighted by Gasteiger charge is 2.46. The molecule has 1 fully saturated rings. The topological polar surface area (TPSA) is 195 Å². The van der Waals surface area contributed by atoms with E-state index in [1.807, 2.05) is 0 Å². The monoisotopic (exact) mass is 377 g/mol. The fourth-order valence-corrected chi connectivity index (χ4v) is 3.02. The Morgan fingerprint density at radius 3 is 2.88 bits per heavy atom. The van der Waals surface area contributed by atoms with Gasteiger partial charge in [0.05, 0.1) is 12.9 Å². The number of nitrogens with zero attached hydrogens (tertiary/aromatic N) is 3. The summed E-state index contributed by atoms with van der Waals surface area (Å²) in [4.78, 5) is 39.6. The minimum atomic E-state index is -4.72. The summed E-state index contributed by atoms with van der Waals surface area (Å²) in [6.07, 6.45) is -2.99. The van der Waals surface area contributed by atoms with E-state index in [1.165, 1.54) is 18.0 Å². The number of hydrogen-bond donors (Lipinski definition) is 5. The molecule has 0 aliphatic carbocycles. The maximum atomic E-state index is 11.8. The smallest absolute Gasteiger partial charge is 0.386 e. The van der Waals surface area contributed by atoms with Crippen LogP contribution in [0.15, 0.2) is 11.1 Å². The van der Waals surface area contributed by atoms with Crippen molar-refractivity contribution in [2.75, 3.05) is 19.5 Å². The molecule has 25 heavy (non-hydrogen) atoms. The Hall–Kier alpha value is -1.86. The number of phosphoric ester groups is 1. The Morgan fingerprint density at radius 1 is 1.52 bits per heavy atom. The van der Waals surface area contributed by atoms with E-state index in [-0.39, 0.29) is 17.1 Å². The first-order valence-electron chi connectivity index (χ1n) is 7.00. The van der Waals surface area contributed by atoms with E-state index in [9.17, 15) is 14.5 Å². The summed E-state index contributed by atoms with van der Waals surface area (Å²) in [7, 11) is -3.41. The first-order valence-corrected chi connectivity index (χ1v) is 8.53. The number of nitrogens with two attached hydrogens (primary N) is 1. The van der Waals surface area contributed by atoms with Crippen LogP contribution in [0.25, 0.3) is 11.2 Å². The Kier molecular flexibility index (Phi) is 4.64. The van der Waals surface area contributed by atoms with Gasteiger partial charge in [-0.05, 0) is 0 Å². The molecule has 1 saturated heterocycles. The summed E-state index contributed by atoms with van der Waals surface area (Å²) < 4.78 is 27.3. The number of aromatic nitrogens is 4. The molecule has 0 bridgehead atoms. The molecule has 6 N–H and O–H groups in total. The van der Waals surface area contributed by atoms with Crippen molar-refractivity contribution < 1.29 is 33.5 Å². The molecule has 0 amide bonds. The molecular formula is C11H16N5O8P. The van der Waals surface area contributed by atoms with E-state index in [4.69, 9.17) is 25.0 Å². The van der Waals surface area contributed by atoms with Crippen LogP contribution in [0.3, 0.4) is 0 Å².